The van der Waals surface area contributed by atoms with E-state index < -0.39 is 0 Å². The van der Waals surface area contributed by atoms with Gasteiger partial charge in [0.15, 0.2) is 0 Å². The van der Waals surface area contributed by atoms with Gasteiger partial charge in [0.1, 0.15) is 18.4 Å². The molecule has 0 saturated carbocycles. The standard InChI is InChI=1S/C17H18N4O2/c1-20-17(22)10-14-12-21(7-6-15(14)19-20)8-9-23-16-5-3-2-4-13(16)11-18/h2-5,10H,6-9,12H2,1H3. The number of aromatic nitrogens is 2. The van der Waals surface area contributed by atoms with Crippen LogP contribution in [0.15, 0.2) is 35.1 Å². The molecule has 0 spiro atoms. The number of aryl methyl sites for hydroxylation is 1. The van der Waals surface area contributed by atoms with Gasteiger partial charge in [-0.2, -0.15) is 10.4 Å². The van der Waals surface area contributed by atoms with E-state index in [-0.39, 0.29) is 5.56 Å². The van der Waals surface area contributed by atoms with Crippen molar-refractivity contribution in [1.82, 2.24) is 14.7 Å². The minimum Gasteiger partial charge on any atom is -0.491 e. The highest BCUT2D eigenvalue weighted by molar-refractivity contribution is 5.42. The third-order valence-electron chi connectivity index (χ3n) is 3.99. The predicted octanol–water partition coefficient (Wildman–Crippen LogP) is 1.09. The number of benzene rings is 1. The first-order valence-corrected chi connectivity index (χ1v) is 7.58. The van der Waals surface area contributed by atoms with Crippen LogP contribution < -0.4 is 10.3 Å². The summed E-state index contributed by atoms with van der Waals surface area (Å²) in [5.74, 6) is 0.614. The summed E-state index contributed by atoms with van der Waals surface area (Å²) >= 11 is 0. The second-order valence-corrected chi connectivity index (χ2v) is 5.56. The van der Waals surface area contributed by atoms with Crippen molar-refractivity contribution in [2.45, 2.75) is 13.0 Å². The first kappa shape index (κ1) is 15.3. The van der Waals surface area contributed by atoms with Gasteiger partial charge in [-0.15, -0.1) is 0 Å². The number of hydrogen-bond acceptors (Lipinski definition) is 5. The average molecular weight is 310 g/mol. The molecule has 3 rings (SSSR count). The number of nitrogens with zero attached hydrogens (tertiary/aromatic N) is 4. The highest BCUT2D eigenvalue weighted by Crippen LogP contribution is 2.17. The van der Waals surface area contributed by atoms with E-state index in [1.165, 1.54) is 4.68 Å². The zero-order valence-electron chi connectivity index (χ0n) is 13.0. The van der Waals surface area contributed by atoms with Crippen LogP contribution in [0.4, 0.5) is 0 Å². The van der Waals surface area contributed by atoms with Gasteiger partial charge in [-0.25, -0.2) is 4.68 Å². The molecule has 0 bridgehead atoms. The van der Waals surface area contributed by atoms with Crippen molar-refractivity contribution < 1.29 is 4.74 Å². The van der Waals surface area contributed by atoms with Crippen molar-refractivity contribution in [2.24, 2.45) is 7.05 Å². The molecule has 0 saturated heterocycles. The topological polar surface area (TPSA) is 71.2 Å². The molecule has 2 heterocycles. The third-order valence-corrected chi connectivity index (χ3v) is 3.99. The van der Waals surface area contributed by atoms with E-state index in [0.29, 0.717) is 24.5 Å². The Hall–Kier alpha value is -2.65. The predicted molar refractivity (Wildman–Crippen MR) is 85.1 cm³/mol. The molecule has 0 aliphatic carbocycles. The smallest absolute Gasteiger partial charge is 0.266 e. The second-order valence-electron chi connectivity index (χ2n) is 5.56. The number of ether oxygens (including phenoxy) is 1. The van der Waals surface area contributed by atoms with Crippen LogP contribution >= 0.6 is 0 Å². The molecule has 6 nitrogen and oxygen atoms in total. The molecule has 1 aliphatic rings. The molecule has 0 atom stereocenters. The van der Waals surface area contributed by atoms with Gasteiger partial charge < -0.3 is 4.74 Å². The van der Waals surface area contributed by atoms with Gasteiger partial charge in [0.05, 0.1) is 11.3 Å². The fraction of sp³-hybridized carbons (Fsp3) is 0.353. The normalized spacial score (nSPS) is 14.1. The number of hydrogen-bond donors (Lipinski definition) is 0. The Morgan fingerprint density at radius 1 is 1.39 bits per heavy atom. The van der Waals surface area contributed by atoms with Gasteiger partial charge in [0.25, 0.3) is 5.56 Å². The molecule has 0 N–H and O–H groups in total. The molecule has 6 heteroatoms. The van der Waals surface area contributed by atoms with Gasteiger partial charge in [0, 0.05) is 39.2 Å². The highest BCUT2D eigenvalue weighted by Gasteiger charge is 2.18. The summed E-state index contributed by atoms with van der Waals surface area (Å²) < 4.78 is 7.10. The number of para-hydroxylation sites is 1. The molecule has 0 amide bonds. The SMILES string of the molecule is Cn1nc2c(cc1=O)CN(CCOc1ccccc1C#N)CC2. The monoisotopic (exact) mass is 310 g/mol. The van der Waals surface area contributed by atoms with Crippen molar-refractivity contribution in [3.63, 3.8) is 0 Å². The van der Waals surface area contributed by atoms with Crippen molar-refractivity contribution in [1.29, 1.82) is 5.26 Å². The van der Waals surface area contributed by atoms with Crippen LogP contribution in [0.3, 0.4) is 0 Å². The maximum Gasteiger partial charge on any atom is 0.266 e. The number of fused-ring (bicyclic) bond motifs is 1. The minimum absolute atomic E-state index is 0.0789. The molecule has 118 valence electrons. The Morgan fingerprint density at radius 3 is 3.04 bits per heavy atom. The lowest BCUT2D eigenvalue weighted by atomic mass is 10.1. The maximum absolute atomic E-state index is 11.7. The van der Waals surface area contributed by atoms with Gasteiger partial charge >= 0.3 is 0 Å². The van der Waals surface area contributed by atoms with E-state index in [1.807, 2.05) is 12.1 Å². The molecule has 0 radical (unpaired) electrons. The summed E-state index contributed by atoms with van der Waals surface area (Å²) in [6.45, 7) is 2.85. The summed E-state index contributed by atoms with van der Waals surface area (Å²) in [6.07, 6.45) is 0.832. The second kappa shape index (κ2) is 6.63. The van der Waals surface area contributed by atoms with Crippen LogP contribution in [-0.4, -0.2) is 34.4 Å². The lowest BCUT2D eigenvalue weighted by Crippen LogP contribution is -2.36. The van der Waals surface area contributed by atoms with E-state index in [0.717, 1.165) is 30.8 Å². The first-order chi connectivity index (χ1) is 11.2. The summed E-state index contributed by atoms with van der Waals surface area (Å²) in [5.41, 5.74) is 2.46. The Balaban J connectivity index is 1.59. The van der Waals surface area contributed by atoms with E-state index in [2.05, 4.69) is 16.1 Å². The van der Waals surface area contributed by atoms with Crippen LogP contribution in [0.1, 0.15) is 16.8 Å². The molecule has 1 aromatic heterocycles. The lowest BCUT2D eigenvalue weighted by Gasteiger charge is -2.27. The molecule has 23 heavy (non-hydrogen) atoms. The van der Waals surface area contributed by atoms with E-state index in [1.54, 1.807) is 25.2 Å². The quantitative estimate of drug-likeness (QED) is 0.845. The number of rotatable bonds is 4. The molecular formula is C17H18N4O2. The first-order valence-electron chi connectivity index (χ1n) is 7.58. The van der Waals surface area contributed by atoms with Crippen LogP contribution in [0.5, 0.6) is 5.75 Å². The Morgan fingerprint density at radius 2 is 2.22 bits per heavy atom. The molecule has 1 aliphatic heterocycles. The Labute approximate surface area is 134 Å². The van der Waals surface area contributed by atoms with Crippen LogP contribution in [-0.2, 0) is 20.0 Å². The third kappa shape index (κ3) is 3.41. The Kier molecular flexibility index (Phi) is 4.40. The zero-order valence-corrected chi connectivity index (χ0v) is 13.0. The van der Waals surface area contributed by atoms with Gasteiger partial charge in [-0.3, -0.25) is 9.69 Å². The van der Waals surface area contributed by atoms with Crippen LogP contribution in [0.2, 0.25) is 0 Å². The molecule has 0 unspecified atom stereocenters. The Bertz CT molecular complexity index is 807. The molecular weight excluding hydrogens is 292 g/mol. The van der Waals surface area contributed by atoms with E-state index in [9.17, 15) is 4.79 Å². The molecule has 1 aromatic carbocycles. The summed E-state index contributed by atoms with van der Waals surface area (Å²) in [6, 6.07) is 11.0. The number of nitriles is 1. The van der Waals surface area contributed by atoms with Gasteiger partial charge in [0.2, 0.25) is 0 Å². The molecule has 2 aromatic rings. The van der Waals surface area contributed by atoms with Crippen molar-refractivity contribution in [2.75, 3.05) is 19.7 Å². The average Bonchev–Trinajstić information content (AvgIpc) is 2.56. The van der Waals surface area contributed by atoms with Gasteiger partial charge in [-0.05, 0) is 17.7 Å². The molecule has 0 fully saturated rings. The summed E-state index contributed by atoms with van der Waals surface area (Å²) in [4.78, 5) is 13.9. The highest BCUT2D eigenvalue weighted by atomic mass is 16.5. The minimum atomic E-state index is -0.0789. The van der Waals surface area contributed by atoms with Crippen molar-refractivity contribution in [3.05, 3.63) is 57.5 Å². The van der Waals surface area contributed by atoms with Gasteiger partial charge in [-0.1, -0.05) is 12.1 Å². The fourth-order valence-electron chi connectivity index (χ4n) is 2.71. The van der Waals surface area contributed by atoms with Crippen molar-refractivity contribution in [3.8, 4) is 11.8 Å². The van der Waals surface area contributed by atoms with Crippen LogP contribution in [0.25, 0.3) is 0 Å². The lowest BCUT2D eigenvalue weighted by molar-refractivity contribution is 0.194. The van der Waals surface area contributed by atoms with E-state index >= 15 is 0 Å². The maximum atomic E-state index is 11.7. The fourth-order valence-corrected chi connectivity index (χ4v) is 2.71. The summed E-state index contributed by atoms with van der Waals surface area (Å²) in [7, 11) is 1.68. The largest absolute Gasteiger partial charge is 0.491 e. The van der Waals surface area contributed by atoms with E-state index in [4.69, 9.17) is 10.00 Å². The summed E-state index contributed by atoms with van der Waals surface area (Å²) in [5, 5.41) is 13.4. The van der Waals surface area contributed by atoms with Crippen molar-refractivity contribution >= 4 is 0 Å². The zero-order chi connectivity index (χ0) is 16.2. The van der Waals surface area contributed by atoms with Crippen LogP contribution in [0, 0.1) is 11.3 Å².